The molecule has 0 aliphatic carbocycles. The van der Waals surface area contributed by atoms with Gasteiger partial charge in [-0.15, -0.1) is 0 Å². The first kappa shape index (κ1) is 15.4. The van der Waals surface area contributed by atoms with E-state index in [9.17, 15) is 18.0 Å². The summed E-state index contributed by atoms with van der Waals surface area (Å²) >= 11 is 5.61. The summed E-state index contributed by atoms with van der Waals surface area (Å²) in [4.78, 5) is 15.0. The maximum absolute atomic E-state index is 13.0. The second-order valence-electron chi connectivity index (χ2n) is 4.79. The monoisotopic (exact) mass is 340 g/mol. The molecule has 1 aromatic heterocycles. The van der Waals surface area contributed by atoms with Gasteiger partial charge in [0.25, 0.3) is 0 Å². The minimum Gasteiger partial charge on any atom is -0.478 e. The largest absolute Gasteiger partial charge is 0.478 e. The van der Waals surface area contributed by atoms with Gasteiger partial charge in [0.2, 0.25) is 0 Å². The number of nitrogens with zero attached hydrogens (tertiary/aromatic N) is 2. The van der Waals surface area contributed by atoms with E-state index in [1.807, 2.05) is 0 Å². The van der Waals surface area contributed by atoms with Gasteiger partial charge >= 0.3 is 12.1 Å². The summed E-state index contributed by atoms with van der Waals surface area (Å²) in [7, 11) is 0. The van der Waals surface area contributed by atoms with Gasteiger partial charge in [-0.25, -0.2) is 9.78 Å². The maximum Gasteiger partial charge on any atom is 0.417 e. The number of carbonyl (C=O) groups is 1. The Morgan fingerprint density at radius 3 is 2.57 bits per heavy atom. The summed E-state index contributed by atoms with van der Waals surface area (Å²) in [6.45, 7) is 0. The minimum absolute atomic E-state index is 0.0508. The van der Waals surface area contributed by atoms with Crippen molar-refractivity contribution in [1.82, 2.24) is 9.55 Å². The highest BCUT2D eigenvalue weighted by atomic mass is 35.5. The lowest BCUT2D eigenvalue weighted by Crippen LogP contribution is -2.07. The van der Waals surface area contributed by atoms with Gasteiger partial charge in [0.1, 0.15) is 6.33 Å². The lowest BCUT2D eigenvalue weighted by molar-refractivity contribution is -0.137. The zero-order valence-corrected chi connectivity index (χ0v) is 12.1. The fourth-order valence-electron chi connectivity index (χ4n) is 2.23. The van der Waals surface area contributed by atoms with Crippen LogP contribution in [0.25, 0.3) is 16.7 Å². The molecule has 4 nitrogen and oxygen atoms in total. The minimum atomic E-state index is -4.57. The quantitative estimate of drug-likeness (QED) is 0.752. The lowest BCUT2D eigenvalue weighted by Gasteiger charge is -2.12. The number of benzene rings is 2. The molecule has 0 aliphatic heterocycles. The Kier molecular flexibility index (Phi) is 3.52. The van der Waals surface area contributed by atoms with E-state index in [2.05, 4.69) is 4.98 Å². The predicted octanol–water partition coefficient (Wildman–Crippen LogP) is 4.40. The van der Waals surface area contributed by atoms with Crippen molar-refractivity contribution in [2.24, 2.45) is 0 Å². The van der Waals surface area contributed by atoms with Crippen molar-refractivity contribution in [3.8, 4) is 5.69 Å². The molecule has 2 aromatic carbocycles. The zero-order chi connectivity index (χ0) is 16.8. The Labute approximate surface area is 132 Å². The first-order chi connectivity index (χ1) is 10.8. The smallest absolute Gasteiger partial charge is 0.417 e. The van der Waals surface area contributed by atoms with E-state index in [4.69, 9.17) is 16.7 Å². The fourth-order valence-corrected chi connectivity index (χ4v) is 2.46. The number of imidazole rings is 1. The number of rotatable bonds is 2. The molecular formula is C15H8ClF3N2O2. The standard InChI is InChI=1S/C15H8ClF3N2O2/c16-11-3-2-9(6-10(11)15(17,18)19)21-7-20-12-5-8(14(22)23)1-4-13(12)21/h1-7H,(H,22,23). The fraction of sp³-hybridized carbons (Fsp3) is 0.0667. The molecule has 8 heteroatoms. The first-order valence-corrected chi connectivity index (χ1v) is 6.72. The SMILES string of the molecule is O=C(O)c1ccc2c(c1)ncn2-c1ccc(Cl)c(C(F)(F)F)c1. The molecule has 0 saturated heterocycles. The van der Waals surface area contributed by atoms with E-state index in [0.29, 0.717) is 11.0 Å². The number of hydrogen-bond acceptors (Lipinski definition) is 2. The van der Waals surface area contributed by atoms with Crippen LogP contribution < -0.4 is 0 Å². The Hall–Kier alpha value is -2.54. The third kappa shape index (κ3) is 2.75. The van der Waals surface area contributed by atoms with Crippen molar-refractivity contribution >= 4 is 28.6 Å². The molecule has 0 saturated carbocycles. The van der Waals surface area contributed by atoms with Crippen LogP contribution in [0.4, 0.5) is 13.2 Å². The van der Waals surface area contributed by atoms with Crippen molar-refractivity contribution in [3.63, 3.8) is 0 Å². The highest BCUT2D eigenvalue weighted by Gasteiger charge is 2.33. The van der Waals surface area contributed by atoms with E-state index in [-0.39, 0.29) is 16.3 Å². The maximum atomic E-state index is 13.0. The molecule has 23 heavy (non-hydrogen) atoms. The van der Waals surface area contributed by atoms with Gasteiger partial charge in [0.15, 0.2) is 0 Å². The zero-order valence-electron chi connectivity index (χ0n) is 11.3. The van der Waals surface area contributed by atoms with Crippen LogP contribution in [-0.2, 0) is 6.18 Å². The van der Waals surface area contributed by atoms with Crippen LogP contribution in [0.2, 0.25) is 5.02 Å². The highest BCUT2D eigenvalue weighted by molar-refractivity contribution is 6.31. The number of halogens is 4. The van der Waals surface area contributed by atoms with Crippen molar-refractivity contribution in [2.75, 3.05) is 0 Å². The third-order valence-corrected chi connectivity index (χ3v) is 3.66. The number of carboxylic acid groups (broad SMARTS) is 1. The molecule has 0 unspecified atom stereocenters. The summed E-state index contributed by atoms with van der Waals surface area (Å²) in [5.41, 5.74) is 0.196. The van der Waals surface area contributed by atoms with Crippen LogP contribution >= 0.6 is 11.6 Å². The Morgan fingerprint density at radius 2 is 1.91 bits per heavy atom. The molecule has 1 N–H and O–H groups in total. The number of hydrogen-bond donors (Lipinski definition) is 1. The number of aromatic carboxylic acids is 1. The highest BCUT2D eigenvalue weighted by Crippen LogP contribution is 2.36. The van der Waals surface area contributed by atoms with Gasteiger partial charge < -0.3 is 5.11 Å². The van der Waals surface area contributed by atoms with Crippen LogP contribution in [0.1, 0.15) is 15.9 Å². The van der Waals surface area contributed by atoms with E-state index in [0.717, 1.165) is 12.1 Å². The van der Waals surface area contributed by atoms with Gasteiger partial charge in [0.05, 0.1) is 27.2 Å². The van der Waals surface area contributed by atoms with E-state index in [1.165, 1.54) is 35.2 Å². The molecular weight excluding hydrogens is 333 g/mol. The molecule has 1 heterocycles. The average Bonchev–Trinajstić information content (AvgIpc) is 2.89. The summed E-state index contributed by atoms with van der Waals surface area (Å²) in [5.74, 6) is -1.10. The molecule has 0 atom stereocenters. The van der Waals surface area contributed by atoms with E-state index in [1.54, 1.807) is 0 Å². The normalized spacial score (nSPS) is 11.8. The number of fused-ring (bicyclic) bond motifs is 1. The topological polar surface area (TPSA) is 55.1 Å². The summed E-state index contributed by atoms with van der Waals surface area (Å²) < 4.78 is 40.3. The molecule has 3 aromatic rings. The van der Waals surface area contributed by atoms with Crippen molar-refractivity contribution in [3.05, 3.63) is 58.9 Å². The van der Waals surface area contributed by atoms with Crippen molar-refractivity contribution < 1.29 is 23.1 Å². The Balaban J connectivity index is 2.16. The van der Waals surface area contributed by atoms with Crippen molar-refractivity contribution in [1.29, 1.82) is 0 Å². The van der Waals surface area contributed by atoms with Gasteiger partial charge in [0, 0.05) is 5.69 Å². The molecule has 0 amide bonds. The number of aromatic nitrogens is 2. The van der Waals surface area contributed by atoms with Crippen LogP contribution in [0.5, 0.6) is 0 Å². The van der Waals surface area contributed by atoms with Crippen LogP contribution in [-0.4, -0.2) is 20.6 Å². The van der Waals surface area contributed by atoms with Gasteiger partial charge in [-0.3, -0.25) is 4.57 Å². The number of carboxylic acids is 1. The molecule has 0 bridgehead atoms. The van der Waals surface area contributed by atoms with Crippen LogP contribution in [0, 0.1) is 0 Å². The summed E-state index contributed by atoms with van der Waals surface area (Å²) in [5, 5.41) is 8.56. The predicted molar refractivity (Wildman–Crippen MR) is 78.0 cm³/mol. The van der Waals surface area contributed by atoms with E-state index >= 15 is 0 Å². The third-order valence-electron chi connectivity index (χ3n) is 3.33. The van der Waals surface area contributed by atoms with Crippen LogP contribution in [0.15, 0.2) is 42.7 Å². The van der Waals surface area contributed by atoms with Gasteiger partial charge in [-0.2, -0.15) is 13.2 Å². The second-order valence-corrected chi connectivity index (χ2v) is 5.19. The summed E-state index contributed by atoms with van der Waals surface area (Å²) in [6, 6.07) is 7.74. The lowest BCUT2D eigenvalue weighted by atomic mass is 10.1. The molecule has 0 spiro atoms. The first-order valence-electron chi connectivity index (χ1n) is 6.35. The summed E-state index contributed by atoms with van der Waals surface area (Å²) in [6.07, 6.45) is -3.24. The molecule has 118 valence electrons. The van der Waals surface area contributed by atoms with Gasteiger partial charge in [-0.1, -0.05) is 11.6 Å². The molecule has 0 radical (unpaired) electrons. The van der Waals surface area contributed by atoms with E-state index < -0.39 is 17.7 Å². The molecule has 0 aliphatic rings. The Bertz CT molecular complexity index is 919. The molecule has 3 rings (SSSR count). The molecule has 0 fully saturated rings. The average molecular weight is 341 g/mol. The number of alkyl halides is 3. The second kappa shape index (κ2) is 5.27. The van der Waals surface area contributed by atoms with Gasteiger partial charge in [-0.05, 0) is 36.4 Å². The van der Waals surface area contributed by atoms with Crippen molar-refractivity contribution in [2.45, 2.75) is 6.18 Å². The van der Waals surface area contributed by atoms with Crippen LogP contribution in [0.3, 0.4) is 0 Å². The Morgan fingerprint density at radius 1 is 1.17 bits per heavy atom.